The molecule has 0 bridgehead atoms. The molecule has 0 spiro atoms. The van der Waals surface area contributed by atoms with Crippen molar-refractivity contribution in [3.8, 4) is 0 Å². The highest BCUT2D eigenvalue weighted by molar-refractivity contribution is 5.33. The van der Waals surface area contributed by atoms with Gasteiger partial charge in [0.25, 0.3) is 0 Å². The van der Waals surface area contributed by atoms with E-state index in [9.17, 15) is 4.79 Å². The molecule has 1 atom stereocenters. The van der Waals surface area contributed by atoms with Crippen molar-refractivity contribution in [3.05, 3.63) is 0 Å². The van der Waals surface area contributed by atoms with Crippen LogP contribution >= 0.6 is 0 Å². The number of nitrogens with zero attached hydrogens (tertiary/aromatic N) is 1. The van der Waals surface area contributed by atoms with Gasteiger partial charge < -0.3 is 0 Å². The summed E-state index contributed by atoms with van der Waals surface area (Å²) < 4.78 is 0. The summed E-state index contributed by atoms with van der Waals surface area (Å²) in [5.41, 5.74) is 0. The Morgan fingerprint density at radius 2 is 1.79 bits per heavy atom. The van der Waals surface area contributed by atoms with Gasteiger partial charge in [0.15, 0.2) is 0 Å². The second kappa shape index (κ2) is 8.36. The number of nitrogens with one attached hydrogen (secondary N) is 1. The van der Waals surface area contributed by atoms with E-state index in [1.54, 1.807) is 6.08 Å². The first kappa shape index (κ1) is 12.8. The Kier molecular flexibility index (Phi) is 7.62. The van der Waals surface area contributed by atoms with Crippen LogP contribution in [0.2, 0.25) is 0 Å². The standard InChI is InChI=1S/C9H15NO.CHNO/c1-8(10-7-11)9-5-3-2-4-6-9;2-1-3/h8-9H,2-6H2,1H3;2H. The zero-order valence-corrected chi connectivity index (χ0v) is 8.45. The lowest BCUT2D eigenvalue weighted by molar-refractivity contribution is 0.317. The number of rotatable bonds is 2. The molecule has 0 aromatic rings. The summed E-state index contributed by atoms with van der Waals surface area (Å²) in [5, 5.41) is 5.40. The molecule has 0 radical (unpaired) electrons. The predicted octanol–water partition coefficient (Wildman–Crippen LogP) is 2.19. The van der Waals surface area contributed by atoms with Gasteiger partial charge in [-0.25, -0.2) is 20.0 Å². The Balaban J connectivity index is 0.000000500. The van der Waals surface area contributed by atoms with Crippen molar-refractivity contribution < 1.29 is 9.59 Å². The summed E-state index contributed by atoms with van der Waals surface area (Å²) in [7, 11) is 0. The third-order valence-electron chi connectivity index (χ3n) is 2.59. The van der Waals surface area contributed by atoms with Crippen molar-refractivity contribution in [1.29, 1.82) is 5.41 Å². The second-order valence-corrected chi connectivity index (χ2v) is 3.46. The Bertz CT molecular complexity index is 222. The van der Waals surface area contributed by atoms with Gasteiger partial charge in [0, 0.05) is 0 Å². The Morgan fingerprint density at radius 1 is 1.29 bits per heavy atom. The van der Waals surface area contributed by atoms with Crippen LogP contribution in [0, 0.1) is 11.3 Å². The lowest BCUT2D eigenvalue weighted by Gasteiger charge is -2.23. The molecule has 1 aliphatic carbocycles. The highest BCUT2D eigenvalue weighted by Gasteiger charge is 2.18. The molecular formula is C10H16N2O2. The minimum Gasteiger partial charge on any atom is -0.222 e. The van der Waals surface area contributed by atoms with E-state index in [1.165, 1.54) is 32.1 Å². The molecule has 1 saturated carbocycles. The summed E-state index contributed by atoms with van der Waals surface area (Å²) in [6.07, 6.45) is 8.85. The number of aliphatic imine (C=N–C) groups is 1. The molecule has 1 aliphatic rings. The maximum atomic E-state index is 9.97. The van der Waals surface area contributed by atoms with E-state index in [4.69, 9.17) is 10.2 Å². The van der Waals surface area contributed by atoms with Gasteiger partial charge in [-0.15, -0.1) is 0 Å². The third kappa shape index (κ3) is 5.41. The molecule has 0 aliphatic heterocycles. The van der Waals surface area contributed by atoms with E-state index in [0.29, 0.717) is 5.92 Å². The van der Waals surface area contributed by atoms with Crippen LogP contribution in [-0.4, -0.2) is 18.2 Å². The van der Waals surface area contributed by atoms with Crippen molar-refractivity contribution in [2.75, 3.05) is 0 Å². The van der Waals surface area contributed by atoms with Crippen molar-refractivity contribution >= 4 is 12.2 Å². The summed E-state index contributed by atoms with van der Waals surface area (Å²) in [6.45, 7) is 2.01. The topological polar surface area (TPSA) is 70.3 Å². The molecule has 14 heavy (non-hydrogen) atoms. The molecule has 0 aromatic heterocycles. The van der Waals surface area contributed by atoms with Gasteiger partial charge in [-0.2, -0.15) is 0 Å². The molecule has 4 nitrogen and oxygen atoms in total. The van der Waals surface area contributed by atoms with E-state index in [1.807, 2.05) is 6.92 Å². The zero-order chi connectivity index (χ0) is 10.8. The molecule has 0 aromatic carbocycles. The van der Waals surface area contributed by atoms with Crippen LogP contribution in [0.15, 0.2) is 4.99 Å². The van der Waals surface area contributed by atoms with Gasteiger partial charge in [0.2, 0.25) is 12.2 Å². The summed E-state index contributed by atoms with van der Waals surface area (Å²) in [5.74, 6) is 0.644. The number of isocyanates is 2. The average Bonchev–Trinajstić information content (AvgIpc) is 2.21. The van der Waals surface area contributed by atoms with Crippen LogP contribution in [-0.2, 0) is 9.59 Å². The van der Waals surface area contributed by atoms with Gasteiger partial charge in [0.05, 0.1) is 6.04 Å². The quantitative estimate of drug-likeness (QED) is 0.543. The first-order chi connectivity index (χ1) is 6.76. The number of hydrogen-bond donors (Lipinski definition) is 1. The number of carbonyl (C=O) groups excluding carboxylic acids is 2. The monoisotopic (exact) mass is 196 g/mol. The highest BCUT2D eigenvalue weighted by Crippen LogP contribution is 2.27. The Labute approximate surface area is 83.9 Å². The van der Waals surface area contributed by atoms with Crippen LogP contribution in [0.3, 0.4) is 0 Å². The normalized spacial score (nSPS) is 18.1. The van der Waals surface area contributed by atoms with E-state index in [0.717, 1.165) is 6.08 Å². The van der Waals surface area contributed by atoms with E-state index in [-0.39, 0.29) is 6.04 Å². The predicted molar refractivity (Wildman–Crippen MR) is 52.6 cm³/mol. The summed E-state index contributed by atoms with van der Waals surface area (Å²) >= 11 is 0. The molecule has 1 fully saturated rings. The van der Waals surface area contributed by atoms with Gasteiger partial charge in [-0.3, -0.25) is 0 Å². The SMILES string of the molecule is CC(N=C=O)C1CCCCC1.N=C=O. The first-order valence-electron chi connectivity index (χ1n) is 4.87. The van der Waals surface area contributed by atoms with Crippen LogP contribution in [0.5, 0.6) is 0 Å². The fourth-order valence-electron chi connectivity index (χ4n) is 1.81. The second-order valence-electron chi connectivity index (χ2n) is 3.46. The molecule has 0 heterocycles. The average molecular weight is 196 g/mol. The maximum absolute atomic E-state index is 9.97. The fourth-order valence-corrected chi connectivity index (χ4v) is 1.81. The van der Waals surface area contributed by atoms with Crippen LogP contribution in [0.1, 0.15) is 39.0 Å². The zero-order valence-electron chi connectivity index (χ0n) is 8.45. The molecule has 78 valence electrons. The van der Waals surface area contributed by atoms with Gasteiger partial charge >= 0.3 is 0 Å². The molecular weight excluding hydrogens is 180 g/mol. The van der Waals surface area contributed by atoms with Crippen molar-refractivity contribution in [1.82, 2.24) is 0 Å². The third-order valence-corrected chi connectivity index (χ3v) is 2.59. The summed E-state index contributed by atoms with van der Waals surface area (Å²) in [4.78, 5) is 22.1. The molecule has 0 amide bonds. The minimum atomic E-state index is 0.202. The molecule has 1 unspecified atom stereocenters. The van der Waals surface area contributed by atoms with Crippen molar-refractivity contribution in [2.24, 2.45) is 10.9 Å². The smallest absolute Gasteiger partial charge is 0.222 e. The molecule has 4 heteroatoms. The van der Waals surface area contributed by atoms with E-state index in [2.05, 4.69) is 4.99 Å². The van der Waals surface area contributed by atoms with Crippen molar-refractivity contribution in [2.45, 2.75) is 45.1 Å². The molecule has 1 N–H and O–H groups in total. The largest absolute Gasteiger partial charge is 0.235 e. The summed E-state index contributed by atoms with van der Waals surface area (Å²) in [6, 6.07) is 0.202. The van der Waals surface area contributed by atoms with Crippen molar-refractivity contribution in [3.63, 3.8) is 0 Å². The fraction of sp³-hybridized carbons (Fsp3) is 0.800. The minimum absolute atomic E-state index is 0.202. The van der Waals surface area contributed by atoms with Crippen LogP contribution in [0.25, 0.3) is 0 Å². The van der Waals surface area contributed by atoms with Crippen LogP contribution < -0.4 is 0 Å². The lowest BCUT2D eigenvalue weighted by Crippen LogP contribution is -2.17. The van der Waals surface area contributed by atoms with Gasteiger partial charge in [0.1, 0.15) is 0 Å². The first-order valence-corrected chi connectivity index (χ1v) is 4.87. The van der Waals surface area contributed by atoms with Gasteiger partial charge in [-0.1, -0.05) is 19.3 Å². The lowest BCUT2D eigenvalue weighted by atomic mass is 9.85. The Hall–Kier alpha value is -1.24. The van der Waals surface area contributed by atoms with E-state index >= 15 is 0 Å². The van der Waals surface area contributed by atoms with Gasteiger partial charge in [-0.05, 0) is 25.7 Å². The number of hydrogen-bond acceptors (Lipinski definition) is 4. The maximum Gasteiger partial charge on any atom is 0.235 e. The Morgan fingerprint density at radius 3 is 2.21 bits per heavy atom. The molecule has 0 saturated heterocycles. The van der Waals surface area contributed by atoms with E-state index < -0.39 is 0 Å². The molecule has 1 rings (SSSR count). The van der Waals surface area contributed by atoms with Crippen LogP contribution in [0.4, 0.5) is 0 Å². The highest BCUT2D eigenvalue weighted by atomic mass is 16.1.